The molecule has 1 nitrogen and oxygen atoms in total. The van der Waals surface area contributed by atoms with Gasteiger partial charge in [0.15, 0.2) is 0 Å². The maximum Gasteiger partial charge on any atom is 0.342 e. The molecule has 0 atom stereocenters. The van der Waals surface area contributed by atoms with Gasteiger partial charge in [-0.05, 0) is 11.8 Å². The summed E-state index contributed by atoms with van der Waals surface area (Å²) in [5.74, 6) is 0. The summed E-state index contributed by atoms with van der Waals surface area (Å²) in [6, 6.07) is 7.74. The van der Waals surface area contributed by atoms with Gasteiger partial charge in [0.05, 0.1) is 0 Å². The third-order valence-corrected chi connectivity index (χ3v) is 1.25. The lowest BCUT2D eigenvalue weighted by molar-refractivity contribution is -0.00000204. The summed E-state index contributed by atoms with van der Waals surface area (Å²) >= 11 is 0. The first-order valence-corrected chi connectivity index (χ1v) is 2.81. The Morgan fingerprint density at radius 2 is 1.82 bits per heavy atom. The Balaban J connectivity index is 0. The summed E-state index contributed by atoms with van der Waals surface area (Å²) in [6.07, 6.45) is 0. The predicted octanol–water partition coefficient (Wildman–Crippen LogP) is 0.0150. The molecular weight excluding hydrogens is 181 g/mol. The van der Waals surface area contributed by atoms with Crippen LogP contribution in [-0.2, 0) is 0 Å². The Labute approximate surface area is 79.1 Å². The number of aryl methyl sites for hydroxylation is 1. The van der Waals surface area contributed by atoms with E-state index in [1.165, 1.54) is 0 Å². The van der Waals surface area contributed by atoms with Crippen molar-refractivity contribution in [3.05, 3.63) is 34.7 Å². The van der Waals surface area contributed by atoms with Gasteiger partial charge >= 0.3 is 5.69 Å². The van der Waals surface area contributed by atoms with E-state index in [0.717, 1.165) is 11.3 Å². The maximum atomic E-state index is 5.08. The average Bonchev–Trinajstić information content (AvgIpc) is 1.89. The van der Waals surface area contributed by atoms with E-state index in [0.29, 0.717) is 0 Å². The summed E-state index contributed by atoms with van der Waals surface area (Å²) < 4.78 is 0. The van der Waals surface area contributed by atoms with Crippen LogP contribution in [-0.4, -0.2) is 0 Å². The second-order valence-corrected chi connectivity index (χ2v) is 1.92. The Morgan fingerprint density at radius 3 is 2.18 bits per heavy atom. The number of halogens is 2. The fourth-order valence-corrected chi connectivity index (χ4v) is 0.708. The molecule has 0 aliphatic rings. The number of benzene rings is 1. The molecule has 0 unspecified atom stereocenters. The van der Waals surface area contributed by atoms with Gasteiger partial charge in [-0.1, -0.05) is 18.2 Å². The van der Waals surface area contributed by atoms with Crippen LogP contribution in [0.1, 0.15) is 5.56 Å². The van der Waals surface area contributed by atoms with Crippen LogP contribution in [0, 0.1) is 13.5 Å². The van der Waals surface area contributed by atoms with Crippen molar-refractivity contribution in [2.75, 3.05) is 0 Å². The quantitative estimate of drug-likeness (QED) is 0.543. The molecule has 11 heavy (non-hydrogen) atoms. The molecule has 0 aliphatic carbocycles. The standard InChI is InChI=1S/C8H8N.2ClH/c1-7-5-3-4-6-8(7)9-2;;/h2-6H,1H3;2*1H/q+1;;/p-1. The molecule has 3 heteroatoms. The fourth-order valence-electron chi connectivity index (χ4n) is 0.708. The molecule has 0 N–H and O–H groups in total. The lowest BCUT2D eigenvalue weighted by Gasteiger charge is -1.82. The third-order valence-electron chi connectivity index (χ3n) is 1.25. The van der Waals surface area contributed by atoms with Crippen molar-refractivity contribution in [2.45, 2.75) is 6.92 Å². The molecule has 0 spiro atoms. The number of rotatable bonds is 0. The van der Waals surface area contributed by atoms with Gasteiger partial charge in [-0.25, -0.2) is 0 Å². The summed E-state index contributed by atoms with van der Waals surface area (Å²) in [7, 11) is 0. The lowest BCUT2D eigenvalue weighted by atomic mass is 10.2. The monoisotopic (exact) mass is 189 g/mol. The lowest BCUT2D eigenvalue weighted by Crippen LogP contribution is -3.00. The smallest absolute Gasteiger partial charge is 0.342 e. The second-order valence-electron chi connectivity index (χ2n) is 1.92. The SMILES string of the molecule is C#[N+]c1ccccc1C.Cl.[Cl-]. The second kappa shape index (κ2) is 6.03. The average molecular weight is 190 g/mol. The van der Waals surface area contributed by atoms with E-state index in [4.69, 9.17) is 6.57 Å². The van der Waals surface area contributed by atoms with Crippen molar-refractivity contribution in [3.63, 3.8) is 0 Å². The van der Waals surface area contributed by atoms with Crippen LogP contribution >= 0.6 is 12.4 Å². The normalized spacial score (nSPS) is 6.91. The predicted molar refractivity (Wildman–Crippen MR) is 46.4 cm³/mol. The zero-order chi connectivity index (χ0) is 6.69. The van der Waals surface area contributed by atoms with Crippen LogP contribution in [0.4, 0.5) is 5.69 Å². The van der Waals surface area contributed by atoms with Crippen LogP contribution in [0.25, 0.3) is 4.85 Å². The van der Waals surface area contributed by atoms with E-state index in [1.807, 2.05) is 31.2 Å². The summed E-state index contributed by atoms with van der Waals surface area (Å²) in [5.41, 5.74) is 1.97. The van der Waals surface area contributed by atoms with Crippen molar-refractivity contribution in [1.29, 1.82) is 0 Å². The van der Waals surface area contributed by atoms with E-state index in [2.05, 4.69) is 4.85 Å². The molecule has 0 fully saturated rings. The number of hydrogen-bond donors (Lipinski definition) is 0. The Bertz CT molecular complexity index is 253. The van der Waals surface area contributed by atoms with Gasteiger partial charge in [-0.2, -0.15) is 0 Å². The van der Waals surface area contributed by atoms with Crippen LogP contribution in [0.3, 0.4) is 0 Å². The summed E-state index contributed by atoms with van der Waals surface area (Å²) in [4.78, 5) is 3.57. The summed E-state index contributed by atoms with van der Waals surface area (Å²) in [6.45, 7) is 7.05. The van der Waals surface area contributed by atoms with E-state index < -0.39 is 0 Å². The minimum Gasteiger partial charge on any atom is -1.00 e. The van der Waals surface area contributed by atoms with Gasteiger partial charge in [0.25, 0.3) is 6.57 Å². The molecule has 0 aromatic heterocycles. The zero-order valence-electron chi connectivity index (χ0n) is 6.12. The van der Waals surface area contributed by atoms with E-state index in [1.54, 1.807) is 0 Å². The number of nitrogens with zero attached hydrogens (tertiary/aromatic N) is 1. The number of para-hydroxylation sites is 1. The fraction of sp³-hybridized carbons (Fsp3) is 0.125. The Hall–Kier alpha value is -0.710. The van der Waals surface area contributed by atoms with E-state index in [-0.39, 0.29) is 24.8 Å². The van der Waals surface area contributed by atoms with Gasteiger partial charge in [0.1, 0.15) is 0 Å². The molecule has 0 bridgehead atoms. The van der Waals surface area contributed by atoms with Crippen LogP contribution in [0.15, 0.2) is 24.3 Å². The first kappa shape index (κ1) is 12.9. The van der Waals surface area contributed by atoms with Crippen molar-refractivity contribution in [2.24, 2.45) is 0 Å². The highest BCUT2D eigenvalue weighted by Gasteiger charge is 2.00. The van der Waals surface area contributed by atoms with Crippen molar-refractivity contribution in [1.82, 2.24) is 0 Å². The van der Waals surface area contributed by atoms with Gasteiger partial charge < -0.3 is 12.4 Å². The molecule has 1 aromatic carbocycles. The first-order valence-electron chi connectivity index (χ1n) is 2.81. The Morgan fingerprint density at radius 1 is 1.27 bits per heavy atom. The highest BCUT2D eigenvalue weighted by atomic mass is 35.5. The van der Waals surface area contributed by atoms with Crippen molar-refractivity contribution < 1.29 is 12.4 Å². The third kappa shape index (κ3) is 3.27. The minimum atomic E-state index is 0. The van der Waals surface area contributed by atoms with Crippen LogP contribution in [0.2, 0.25) is 0 Å². The molecule has 1 aromatic rings. The largest absolute Gasteiger partial charge is 1.00 e. The highest BCUT2D eigenvalue weighted by molar-refractivity contribution is 5.85. The van der Waals surface area contributed by atoms with Gasteiger partial charge in [0, 0.05) is 11.6 Å². The van der Waals surface area contributed by atoms with Crippen molar-refractivity contribution in [3.8, 4) is 6.57 Å². The Kier molecular flexibility index (Phi) is 7.08. The zero-order valence-corrected chi connectivity index (χ0v) is 7.69. The molecule has 0 radical (unpaired) electrons. The molecule has 0 aliphatic heterocycles. The summed E-state index contributed by atoms with van der Waals surface area (Å²) in [5, 5.41) is 0. The molecule has 0 saturated heterocycles. The molecular formula is C8H9Cl2N. The van der Waals surface area contributed by atoms with E-state index in [9.17, 15) is 0 Å². The number of hydrogen-bond acceptors (Lipinski definition) is 0. The molecule has 0 amide bonds. The van der Waals surface area contributed by atoms with Gasteiger partial charge in [-0.15, -0.1) is 12.4 Å². The topological polar surface area (TPSA) is 4.36 Å². The van der Waals surface area contributed by atoms with E-state index >= 15 is 0 Å². The van der Waals surface area contributed by atoms with Crippen LogP contribution < -0.4 is 12.4 Å². The van der Waals surface area contributed by atoms with Crippen molar-refractivity contribution >= 4 is 18.1 Å². The van der Waals surface area contributed by atoms with Crippen LogP contribution in [0.5, 0.6) is 0 Å². The molecule has 60 valence electrons. The maximum absolute atomic E-state index is 5.08. The first-order chi connectivity index (χ1) is 4.34. The molecule has 0 heterocycles. The molecule has 1 rings (SSSR count). The van der Waals surface area contributed by atoms with Gasteiger partial charge in [0.2, 0.25) is 0 Å². The molecule has 0 saturated carbocycles. The highest BCUT2D eigenvalue weighted by Crippen LogP contribution is 2.15. The minimum absolute atomic E-state index is 0. The van der Waals surface area contributed by atoms with Gasteiger partial charge in [-0.3, -0.25) is 0 Å².